The van der Waals surface area contributed by atoms with Crippen molar-refractivity contribution < 1.29 is 0 Å². The van der Waals surface area contributed by atoms with E-state index in [1.165, 1.54) is 0 Å². The van der Waals surface area contributed by atoms with Crippen LogP contribution in [0.1, 0.15) is 12.8 Å². The third-order valence-electron chi connectivity index (χ3n) is 5.23. The topological polar surface area (TPSA) is 77.0 Å². The molecule has 0 bridgehead atoms. The molecule has 1 aliphatic heterocycles. The Morgan fingerprint density at radius 1 is 1.00 bits per heavy atom. The van der Waals surface area contributed by atoms with Crippen LogP contribution in [0.15, 0.2) is 42.7 Å². The first-order valence-electron chi connectivity index (χ1n) is 9.44. The number of aromatic nitrogens is 7. The summed E-state index contributed by atoms with van der Waals surface area (Å²) >= 11 is 12.3. The average Bonchev–Trinajstić information content (AvgIpc) is 3.37. The van der Waals surface area contributed by atoms with Crippen LogP contribution in [0.4, 0.5) is 5.82 Å². The number of benzene rings is 1. The van der Waals surface area contributed by atoms with Gasteiger partial charge in [-0.15, -0.1) is 20.4 Å². The Morgan fingerprint density at radius 3 is 2.52 bits per heavy atom. The summed E-state index contributed by atoms with van der Waals surface area (Å²) in [6.45, 7) is 2.79. The molecule has 4 heterocycles. The van der Waals surface area contributed by atoms with E-state index in [0.717, 1.165) is 43.9 Å². The SMILES string of the molecule is Clc1cc(Cl)cc(-c2nnc3ccc(N4CCC(Cn5ccnn5)CC4)nn23)c1. The maximum Gasteiger partial charge on any atom is 0.185 e. The van der Waals surface area contributed by atoms with Crippen LogP contribution in [-0.2, 0) is 6.54 Å². The van der Waals surface area contributed by atoms with Gasteiger partial charge in [0.1, 0.15) is 5.82 Å². The summed E-state index contributed by atoms with van der Waals surface area (Å²) in [6, 6.07) is 9.25. The van der Waals surface area contributed by atoms with Gasteiger partial charge < -0.3 is 4.90 Å². The first kappa shape index (κ1) is 18.3. The smallest absolute Gasteiger partial charge is 0.185 e. The highest BCUT2D eigenvalue weighted by molar-refractivity contribution is 6.35. The Balaban J connectivity index is 1.37. The highest BCUT2D eigenvalue weighted by Crippen LogP contribution is 2.27. The minimum atomic E-state index is 0.551. The lowest BCUT2D eigenvalue weighted by atomic mass is 9.97. The van der Waals surface area contributed by atoms with Gasteiger partial charge >= 0.3 is 0 Å². The summed E-state index contributed by atoms with van der Waals surface area (Å²) in [5.41, 5.74) is 1.46. The quantitative estimate of drug-likeness (QED) is 0.493. The molecule has 1 aromatic carbocycles. The first-order valence-corrected chi connectivity index (χ1v) is 10.2. The normalized spacial score (nSPS) is 15.3. The summed E-state index contributed by atoms with van der Waals surface area (Å²) in [6.07, 6.45) is 5.80. The minimum absolute atomic E-state index is 0.551. The van der Waals surface area contributed by atoms with E-state index in [9.17, 15) is 0 Å². The van der Waals surface area contributed by atoms with Crippen LogP contribution in [0.5, 0.6) is 0 Å². The van der Waals surface area contributed by atoms with Gasteiger partial charge in [-0.25, -0.2) is 0 Å². The molecule has 3 aromatic heterocycles. The fourth-order valence-electron chi connectivity index (χ4n) is 3.75. The van der Waals surface area contributed by atoms with Crippen molar-refractivity contribution in [3.8, 4) is 11.4 Å². The molecule has 148 valence electrons. The van der Waals surface area contributed by atoms with Crippen molar-refractivity contribution in [2.45, 2.75) is 19.4 Å². The van der Waals surface area contributed by atoms with Gasteiger partial charge in [0.2, 0.25) is 0 Å². The summed E-state index contributed by atoms with van der Waals surface area (Å²) in [4.78, 5) is 2.30. The van der Waals surface area contributed by atoms with Crippen LogP contribution < -0.4 is 4.90 Å². The average molecular weight is 429 g/mol. The molecule has 0 atom stereocenters. The van der Waals surface area contributed by atoms with E-state index in [0.29, 0.717) is 27.4 Å². The zero-order valence-corrected chi connectivity index (χ0v) is 17.0. The van der Waals surface area contributed by atoms with E-state index < -0.39 is 0 Å². The Bertz CT molecular complexity index is 1110. The van der Waals surface area contributed by atoms with E-state index in [-0.39, 0.29) is 0 Å². The van der Waals surface area contributed by atoms with Crippen molar-refractivity contribution >= 4 is 34.7 Å². The molecule has 0 unspecified atom stereocenters. The lowest BCUT2D eigenvalue weighted by molar-refractivity contribution is 0.338. The molecule has 1 fully saturated rings. The largest absolute Gasteiger partial charge is 0.355 e. The standard InChI is InChI=1S/C19H18Cl2N8/c20-15-9-14(10-16(21)11-15)19-24-23-17-1-2-18(25-29(17)19)27-6-3-13(4-7-27)12-28-8-5-22-26-28/h1-2,5,8-11,13H,3-4,6-7,12H2. The second-order valence-corrected chi connectivity index (χ2v) is 8.07. The Hall–Kier alpha value is -2.71. The van der Waals surface area contributed by atoms with Crippen LogP contribution >= 0.6 is 23.2 Å². The lowest BCUT2D eigenvalue weighted by Crippen LogP contribution is -2.35. The van der Waals surface area contributed by atoms with Crippen molar-refractivity contribution in [1.29, 1.82) is 0 Å². The van der Waals surface area contributed by atoms with E-state index in [2.05, 4.69) is 25.4 Å². The minimum Gasteiger partial charge on any atom is -0.355 e. The lowest BCUT2D eigenvalue weighted by Gasteiger charge is -2.32. The van der Waals surface area contributed by atoms with Crippen molar-refractivity contribution in [2.75, 3.05) is 18.0 Å². The molecular formula is C19H18Cl2N8. The van der Waals surface area contributed by atoms with Crippen LogP contribution in [0.3, 0.4) is 0 Å². The van der Waals surface area contributed by atoms with E-state index >= 15 is 0 Å². The zero-order chi connectivity index (χ0) is 19.8. The van der Waals surface area contributed by atoms with E-state index in [4.69, 9.17) is 28.3 Å². The van der Waals surface area contributed by atoms with Crippen LogP contribution in [-0.4, -0.2) is 47.9 Å². The Kier molecular flexibility index (Phi) is 4.81. The number of nitrogens with zero attached hydrogens (tertiary/aromatic N) is 8. The van der Waals surface area contributed by atoms with Crippen molar-refractivity contribution in [1.82, 2.24) is 34.8 Å². The van der Waals surface area contributed by atoms with Crippen LogP contribution in [0, 0.1) is 5.92 Å². The molecule has 0 saturated carbocycles. The van der Waals surface area contributed by atoms with Gasteiger partial charge in [0, 0.05) is 41.4 Å². The third-order valence-corrected chi connectivity index (χ3v) is 5.66. The molecule has 4 aromatic rings. The molecule has 1 aliphatic rings. The summed E-state index contributed by atoms with van der Waals surface area (Å²) in [5, 5.41) is 22.4. The molecular weight excluding hydrogens is 411 g/mol. The van der Waals surface area contributed by atoms with Gasteiger partial charge in [-0.05, 0) is 49.1 Å². The predicted octanol–water partition coefficient (Wildman–Crippen LogP) is 3.61. The van der Waals surface area contributed by atoms with Crippen molar-refractivity contribution in [3.05, 3.63) is 52.8 Å². The summed E-state index contributed by atoms with van der Waals surface area (Å²) in [7, 11) is 0. The molecule has 29 heavy (non-hydrogen) atoms. The number of hydrogen-bond donors (Lipinski definition) is 0. The molecule has 10 heteroatoms. The molecule has 1 saturated heterocycles. The first-order chi connectivity index (χ1) is 14.2. The maximum absolute atomic E-state index is 6.15. The van der Waals surface area contributed by atoms with Gasteiger partial charge in [0.05, 0.1) is 6.20 Å². The van der Waals surface area contributed by atoms with E-state index in [1.54, 1.807) is 16.8 Å². The number of piperidine rings is 1. The molecule has 8 nitrogen and oxygen atoms in total. The summed E-state index contributed by atoms with van der Waals surface area (Å²) in [5.74, 6) is 2.12. The van der Waals surface area contributed by atoms with Crippen molar-refractivity contribution in [3.63, 3.8) is 0 Å². The number of fused-ring (bicyclic) bond motifs is 1. The second-order valence-electron chi connectivity index (χ2n) is 7.20. The number of hydrogen-bond acceptors (Lipinski definition) is 6. The van der Waals surface area contributed by atoms with E-state index in [1.807, 2.05) is 35.1 Å². The fourth-order valence-corrected chi connectivity index (χ4v) is 4.28. The second kappa shape index (κ2) is 7.61. The third kappa shape index (κ3) is 3.77. The van der Waals surface area contributed by atoms with Gasteiger partial charge in [0.15, 0.2) is 11.5 Å². The van der Waals surface area contributed by atoms with Crippen molar-refractivity contribution in [2.24, 2.45) is 5.92 Å². The van der Waals surface area contributed by atoms with Crippen LogP contribution in [0.25, 0.3) is 17.0 Å². The molecule has 0 N–H and O–H groups in total. The van der Waals surface area contributed by atoms with Gasteiger partial charge in [0.25, 0.3) is 0 Å². The number of anilines is 1. The zero-order valence-electron chi connectivity index (χ0n) is 15.5. The Labute approximate surface area is 177 Å². The van der Waals surface area contributed by atoms with Crippen LogP contribution in [0.2, 0.25) is 10.0 Å². The summed E-state index contributed by atoms with van der Waals surface area (Å²) < 4.78 is 3.66. The fraction of sp³-hybridized carbons (Fsp3) is 0.316. The molecule has 0 amide bonds. The van der Waals surface area contributed by atoms with Gasteiger partial charge in [-0.1, -0.05) is 28.4 Å². The molecule has 0 radical (unpaired) electrons. The highest BCUT2D eigenvalue weighted by atomic mass is 35.5. The van der Waals surface area contributed by atoms with Gasteiger partial charge in [-0.3, -0.25) is 4.68 Å². The van der Waals surface area contributed by atoms with Gasteiger partial charge in [-0.2, -0.15) is 4.52 Å². The molecule has 5 rings (SSSR count). The number of rotatable bonds is 4. The predicted molar refractivity (Wildman–Crippen MR) is 111 cm³/mol. The maximum atomic E-state index is 6.15. The molecule has 0 aliphatic carbocycles. The molecule has 0 spiro atoms. The monoisotopic (exact) mass is 428 g/mol. The number of halogens is 2. The highest BCUT2D eigenvalue weighted by Gasteiger charge is 2.22. The Morgan fingerprint density at radius 2 is 1.79 bits per heavy atom.